The molecule has 51 heavy (non-hydrogen) atoms. The van der Waals surface area contributed by atoms with E-state index in [9.17, 15) is 0 Å². The Morgan fingerprint density at radius 3 is 1.96 bits per heavy atom. The molecule has 0 fully saturated rings. The van der Waals surface area contributed by atoms with E-state index in [4.69, 9.17) is 4.42 Å². The maximum Gasteiger partial charge on any atom is 0.135 e. The Kier molecular flexibility index (Phi) is 6.75. The second-order valence-electron chi connectivity index (χ2n) is 13.8. The Balaban J connectivity index is 1.09. The molecule has 6 aromatic carbocycles. The fourth-order valence-corrected chi connectivity index (χ4v) is 8.45. The van der Waals surface area contributed by atoms with Gasteiger partial charge in [-0.3, -0.25) is 0 Å². The molecule has 1 atom stereocenters. The van der Waals surface area contributed by atoms with Crippen LogP contribution in [0.1, 0.15) is 28.5 Å². The van der Waals surface area contributed by atoms with Crippen molar-refractivity contribution in [1.29, 1.82) is 0 Å². The van der Waals surface area contributed by atoms with Gasteiger partial charge >= 0.3 is 0 Å². The molecular weight excluding hydrogens is 621 g/mol. The Morgan fingerprint density at radius 2 is 1.20 bits per heavy atom. The summed E-state index contributed by atoms with van der Waals surface area (Å²) >= 11 is 0. The summed E-state index contributed by atoms with van der Waals surface area (Å²) in [6.45, 7) is 7.95. The van der Waals surface area contributed by atoms with Crippen LogP contribution in [0.4, 0.5) is 0 Å². The predicted molar refractivity (Wildman–Crippen MR) is 215 cm³/mol. The molecule has 0 spiro atoms. The van der Waals surface area contributed by atoms with Gasteiger partial charge in [-0.25, -0.2) is 0 Å². The average Bonchev–Trinajstić information content (AvgIpc) is 3.82. The van der Waals surface area contributed by atoms with Crippen LogP contribution >= 0.6 is 0 Å². The fourth-order valence-electron chi connectivity index (χ4n) is 8.45. The van der Waals surface area contributed by atoms with Gasteiger partial charge in [-0.05, 0) is 108 Å². The molecule has 244 valence electrons. The van der Waals surface area contributed by atoms with E-state index in [1.165, 1.54) is 76.8 Å². The smallest absolute Gasteiger partial charge is 0.135 e. The number of rotatable bonds is 7. The Morgan fingerprint density at radius 1 is 0.588 bits per heavy atom. The van der Waals surface area contributed by atoms with Crippen molar-refractivity contribution in [3.8, 4) is 16.8 Å². The summed E-state index contributed by atoms with van der Waals surface area (Å²) in [5, 5.41) is 6.28. The largest absolute Gasteiger partial charge is 0.456 e. The van der Waals surface area contributed by atoms with E-state index in [2.05, 4.69) is 162 Å². The quantitative estimate of drug-likeness (QED) is 0.157. The lowest BCUT2D eigenvalue weighted by Crippen LogP contribution is -2.12. The van der Waals surface area contributed by atoms with Crippen molar-refractivity contribution in [2.75, 3.05) is 0 Å². The van der Waals surface area contributed by atoms with Crippen molar-refractivity contribution in [3.63, 3.8) is 0 Å². The van der Waals surface area contributed by atoms with Gasteiger partial charge in [-0.15, -0.1) is 13.2 Å². The third-order valence-electron chi connectivity index (χ3n) is 10.7. The van der Waals surface area contributed by atoms with Gasteiger partial charge in [0.15, 0.2) is 0 Å². The van der Waals surface area contributed by atoms with Crippen LogP contribution in [0, 0.1) is 0 Å². The van der Waals surface area contributed by atoms with E-state index in [1.54, 1.807) is 0 Å². The van der Waals surface area contributed by atoms with Crippen LogP contribution in [-0.4, -0.2) is 9.13 Å². The molecule has 0 N–H and O–H groups in total. The molecule has 0 saturated carbocycles. The van der Waals surface area contributed by atoms with Crippen molar-refractivity contribution in [2.45, 2.75) is 25.3 Å². The van der Waals surface area contributed by atoms with Gasteiger partial charge in [-0.1, -0.05) is 78.9 Å². The molecule has 3 nitrogen and oxygen atoms in total. The third kappa shape index (κ3) is 4.65. The van der Waals surface area contributed by atoms with E-state index in [0.717, 1.165) is 36.3 Å². The Hall–Kier alpha value is -6.32. The zero-order valence-corrected chi connectivity index (χ0v) is 28.3. The molecule has 10 rings (SSSR count). The molecule has 1 aliphatic rings. The minimum Gasteiger partial charge on any atom is -0.456 e. The first kappa shape index (κ1) is 29.6. The summed E-state index contributed by atoms with van der Waals surface area (Å²) in [7, 11) is 0. The molecular formula is C48H36N2O. The lowest BCUT2D eigenvalue weighted by molar-refractivity contribution is 0.572. The molecule has 0 radical (unpaired) electrons. The zero-order chi connectivity index (χ0) is 34.1. The first-order chi connectivity index (χ1) is 25.2. The summed E-state index contributed by atoms with van der Waals surface area (Å²) in [6, 6.07) is 46.9. The molecule has 0 amide bonds. The van der Waals surface area contributed by atoms with Crippen LogP contribution in [0.3, 0.4) is 0 Å². The normalized spacial score (nSPS) is 14.2. The number of para-hydroxylation sites is 2. The second kappa shape index (κ2) is 11.6. The van der Waals surface area contributed by atoms with Gasteiger partial charge in [0.1, 0.15) is 11.3 Å². The highest BCUT2D eigenvalue weighted by Crippen LogP contribution is 2.41. The number of benzene rings is 6. The monoisotopic (exact) mass is 656 g/mol. The van der Waals surface area contributed by atoms with E-state index < -0.39 is 0 Å². The van der Waals surface area contributed by atoms with Crippen molar-refractivity contribution in [3.05, 3.63) is 181 Å². The highest BCUT2D eigenvalue weighted by molar-refractivity contribution is 6.11. The lowest BCUT2D eigenvalue weighted by atomic mass is 9.94. The predicted octanol–water partition coefficient (Wildman–Crippen LogP) is 12.6. The molecule has 3 aromatic heterocycles. The van der Waals surface area contributed by atoms with Crippen molar-refractivity contribution in [1.82, 2.24) is 9.13 Å². The van der Waals surface area contributed by atoms with Gasteiger partial charge in [0.2, 0.25) is 0 Å². The summed E-state index contributed by atoms with van der Waals surface area (Å²) in [5.41, 5.74) is 13.2. The highest BCUT2D eigenvalue weighted by Gasteiger charge is 2.25. The standard InChI is InChI=1S/C48H36N2O/c1-3-10-31-16-21-44-38(26-31)37-14-8-9-15-43(37)50(44)36-20-25-48-42(30-36)41-29-34(19-24-47(41)51-48)33-18-23-46-40(28-33)39-27-32(11-4-2)17-22-45(39)49(46)35-12-6-5-7-13-35/h3-9,12-29,36H,1-2,10-11,30H2. The first-order valence-corrected chi connectivity index (χ1v) is 17.8. The van der Waals surface area contributed by atoms with Gasteiger partial charge in [-0.2, -0.15) is 0 Å². The zero-order valence-electron chi connectivity index (χ0n) is 28.3. The van der Waals surface area contributed by atoms with E-state index in [-0.39, 0.29) is 6.04 Å². The summed E-state index contributed by atoms with van der Waals surface area (Å²) in [4.78, 5) is 0. The van der Waals surface area contributed by atoms with E-state index in [0.29, 0.717) is 0 Å². The number of hydrogen-bond donors (Lipinski definition) is 0. The van der Waals surface area contributed by atoms with Gasteiger partial charge in [0, 0.05) is 55.6 Å². The second-order valence-corrected chi connectivity index (χ2v) is 13.8. The molecule has 0 saturated heterocycles. The Bertz CT molecular complexity index is 2880. The van der Waals surface area contributed by atoms with Crippen molar-refractivity contribution >= 4 is 60.7 Å². The molecule has 9 aromatic rings. The lowest BCUT2D eigenvalue weighted by Gasteiger charge is -2.21. The number of aromatic nitrogens is 2. The van der Waals surface area contributed by atoms with Crippen LogP contribution in [0.25, 0.3) is 77.5 Å². The first-order valence-electron chi connectivity index (χ1n) is 17.8. The van der Waals surface area contributed by atoms with E-state index in [1.807, 2.05) is 12.2 Å². The number of fused-ring (bicyclic) bond motifs is 9. The minimum absolute atomic E-state index is 0.167. The van der Waals surface area contributed by atoms with Crippen LogP contribution in [0.15, 0.2) is 163 Å². The van der Waals surface area contributed by atoms with Crippen LogP contribution in [0.5, 0.6) is 0 Å². The maximum absolute atomic E-state index is 6.46. The van der Waals surface area contributed by atoms with E-state index >= 15 is 0 Å². The van der Waals surface area contributed by atoms with Crippen LogP contribution < -0.4 is 0 Å². The number of hydrogen-bond acceptors (Lipinski definition) is 1. The van der Waals surface area contributed by atoms with Crippen molar-refractivity contribution < 1.29 is 4.42 Å². The molecule has 1 unspecified atom stereocenters. The molecule has 0 bridgehead atoms. The third-order valence-corrected chi connectivity index (χ3v) is 10.7. The van der Waals surface area contributed by atoms with Crippen molar-refractivity contribution in [2.24, 2.45) is 0 Å². The number of furan rings is 1. The van der Waals surface area contributed by atoms with Crippen LogP contribution in [0.2, 0.25) is 0 Å². The maximum atomic E-state index is 6.46. The summed E-state index contributed by atoms with van der Waals surface area (Å²) < 4.78 is 11.4. The Labute approximate surface area is 296 Å². The number of nitrogens with zero attached hydrogens (tertiary/aromatic N) is 2. The fraction of sp³-hybridized carbons (Fsp3) is 0.0833. The summed E-state index contributed by atoms with van der Waals surface area (Å²) in [6.07, 6.45) is 11.0. The SMILES string of the molecule is C=CCc1ccc2c(c1)c1cc(-c3ccc4oc5c(c4c3)CC(n3c4ccccc4c4cc(CC=C)ccc43)C=C5)ccc1n2-c1ccccc1. The molecule has 1 aliphatic carbocycles. The number of allylic oxidation sites excluding steroid dienone is 3. The average molecular weight is 657 g/mol. The van der Waals surface area contributed by atoms with Crippen LogP contribution in [-0.2, 0) is 19.3 Å². The minimum atomic E-state index is 0.167. The van der Waals surface area contributed by atoms with Gasteiger partial charge in [0.05, 0.1) is 17.1 Å². The summed E-state index contributed by atoms with van der Waals surface area (Å²) in [5.74, 6) is 0.962. The topological polar surface area (TPSA) is 23.0 Å². The molecule has 0 aliphatic heterocycles. The van der Waals surface area contributed by atoms with Gasteiger partial charge in [0.25, 0.3) is 0 Å². The van der Waals surface area contributed by atoms with Gasteiger partial charge < -0.3 is 13.6 Å². The molecule has 3 heteroatoms. The highest BCUT2D eigenvalue weighted by atomic mass is 16.3. The molecule has 3 heterocycles.